The summed E-state index contributed by atoms with van der Waals surface area (Å²) in [6.45, 7) is 3.65. The van der Waals surface area contributed by atoms with E-state index in [1.807, 2.05) is 0 Å². The monoisotopic (exact) mass is 312 g/mol. The van der Waals surface area contributed by atoms with Crippen molar-refractivity contribution in [2.24, 2.45) is 0 Å². The fourth-order valence-corrected chi connectivity index (χ4v) is 2.62. The normalized spacial score (nSPS) is 18.6. The largest absolute Gasteiger partial charge is 0.375 e. The zero-order chi connectivity index (χ0) is 15.4. The molecule has 1 atom stereocenters. The molecule has 0 saturated carbocycles. The molecule has 21 heavy (non-hydrogen) atoms. The minimum atomic E-state index is -0.567. The summed E-state index contributed by atoms with van der Waals surface area (Å²) in [6, 6.07) is 4.06. The molecule has 6 nitrogen and oxygen atoms in total. The molecular formula is C14H17ClN2O4. The molecular weight excluding hydrogens is 296 g/mol. The van der Waals surface area contributed by atoms with Gasteiger partial charge in [-0.15, -0.1) is 0 Å². The lowest BCUT2D eigenvalue weighted by Gasteiger charge is -2.33. The van der Waals surface area contributed by atoms with E-state index in [4.69, 9.17) is 16.3 Å². The van der Waals surface area contributed by atoms with Crippen molar-refractivity contribution < 1.29 is 14.5 Å². The lowest BCUT2D eigenvalue weighted by atomic mass is 10.1. The van der Waals surface area contributed by atoms with Crippen LogP contribution in [0.1, 0.15) is 30.1 Å². The van der Waals surface area contributed by atoms with Gasteiger partial charge < -0.3 is 9.64 Å². The second-order valence-electron chi connectivity index (χ2n) is 4.96. The molecule has 0 N–H and O–H groups in total. The topological polar surface area (TPSA) is 72.7 Å². The van der Waals surface area contributed by atoms with Crippen molar-refractivity contribution in [1.29, 1.82) is 0 Å². The van der Waals surface area contributed by atoms with Gasteiger partial charge in [0.25, 0.3) is 11.6 Å². The smallest absolute Gasteiger partial charge is 0.287 e. The Kier molecular flexibility index (Phi) is 5.14. The number of carbonyl (C=O) groups is 1. The van der Waals surface area contributed by atoms with Crippen LogP contribution in [0.25, 0.3) is 0 Å². The van der Waals surface area contributed by atoms with Crippen LogP contribution in [0.15, 0.2) is 18.2 Å². The molecule has 0 radical (unpaired) electrons. The molecule has 1 aliphatic heterocycles. The Hall–Kier alpha value is -1.66. The highest BCUT2D eigenvalue weighted by Crippen LogP contribution is 2.26. The van der Waals surface area contributed by atoms with Gasteiger partial charge in [-0.2, -0.15) is 0 Å². The van der Waals surface area contributed by atoms with E-state index in [2.05, 4.69) is 6.92 Å². The van der Waals surface area contributed by atoms with Gasteiger partial charge >= 0.3 is 0 Å². The summed E-state index contributed by atoms with van der Waals surface area (Å²) in [5, 5.41) is 10.7. The molecule has 1 aliphatic rings. The van der Waals surface area contributed by atoms with Crippen LogP contribution in [-0.2, 0) is 4.74 Å². The minimum Gasteiger partial charge on any atom is -0.375 e. The Morgan fingerprint density at radius 3 is 2.95 bits per heavy atom. The molecule has 0 bridgehead atoms. The summed E-state index contributed by atoms with van der Waals surface area (Å²) in [5.41, 5.74) is 0.168. The number of nitro groups is 1. The summed E-state index contributed by atoms with van der Waals surface area (Å²) in [4.78, 5) is 24.3. The second-order valence-corrected chi connectivity index (χ2v) is 5.36. The van der Waals surface area contributed by atoms with Crippen molar-refractivity contribution in [1.82, 2.24) is 4.90 Å². The van der Waals surface area contributed by atoms with Crippen LogP contribution < -0.4 is 0 Å². The Morgan fingerprint density at radius 2 is 2.33 bits per heavy atom. The lowest BCUT2D eigenvalue weighted by Crippen LogP contribution is -2.45. The number of amides is 1. The fraction of sp³-hybridized carbons (Fsp3) is 0.500. The van der Waals surface area contributed by atoms with Crippen molar-refractivity contribution in [2.75, 3.05) is 19.7 Å². The maximum absolute atomic E-state index is 12.4. The van der Waals surface area contributed by atoms with Gasteiger partial charge in [-0.1, -0.05) is 24.9 Å². The molecule has 1 saturated heterocycles. The molecule has 0 unspecified atom stereocenters. The number of nitrogens with zero attached hydrogens (tertiary/aromatic N) is 2. The number of halogens is 1. The Labute approximate surface area is 127 Å². The van der Waals surface area contributed by atoms with Crippen LogP contribution in [-0.4, -0.2) is 41.5 Å². The summed E-state index contributed by atoms with van der Waals surface area (Å²) in [6.07, 6.45) is 1.96. The van der Waals surface area contributed by atoms with Gasteiger partial charge in [-0.3, -0.25) is 14.9 Å². The summed E-state index contributed by atoms with van der Waals surface area (Å²) < 4.78 is 5.60. The van der Waals surface area contributed by atoms with Gasteiger partial charge in [0.05, 0.1) is 17.6 Å². The first kappa shape index (κ1) is 15.7. The average Bonchev–Trinajstić information content (AvgIpc) is 2.46. The van der Waals surface area contributed by atoms with Gasteiger partial charge in [0.2, 0.25) is 0 Å². The number of carbonyl (C=O) groups excluding carboxylic acids is 1. The maximum Gasteiger partial charge on any atom is 0.287 e. The highest BCUT2D eigenvalue weighted by atomic mass is 35.5. The van der Waals surface area contributed by atoms with Crippen molar-refractivity contribution in [2.45, 2.75) is 25.9 Å². The average molecular weight is 313 g/mol. The number of nitro benzene ring substituents is 1. The molecule has 1 aromatic carbocycles. The van der Waals surface area contributed by atoms with E-state index >= 15 is 0 Å². The predicted octanol–water partition coefficient (Wildman–Crippen LogP) is 2.89. The molecule has 1 aromatic rings. The summed E-state index contributed by atoms with van der Waals surface area (Å²) >= 11 is 5.85. The molecule has 1 amide bonds. The highest BCUT2D eigenvalue weighted by Gasteiger charge is 2.25. The standard InChI is InChI=1S/C14H17ClN2O4/c1-2-3-11-9-16(6-7-21-11)14(18)10-4-5-13(17(19)20)12(15)8-10/h4-5,8,11H,2-3,6-7,9H2,1H3/t11-/m1/s1. The van der Waals surface area contributed by atoms with Crippen LogP contribution in [0.3, 0.4) is 0 Å². The number of morpholine rings is 1. The van der Waals surface area contributed by atoms with Gasteiger partial charge in [0.15, 0.2) is 0 Å². The van der Waals surface area contributed by atoms with E-state index in [0.717, 1.165) is 12.8 Å². The molecule has 0 spiro atoms. The number of rotatable bonds is 4. The maximum atomic E-state index is 12.4. The second kappa shape index (κ2) is 6.87. The van der Waals surface area contributed by atoms with Crippen molar-refractivity contribution in [3.63, 3.8) is 0 Å². The fourth-order valence-electron chi connectivity index (χ4n) is 2.37. The van der Waals surface area contributed by atoms with E-state index in [0.29, 0.717) is 25.3 Å². The van der Waals surface area contributed by atoms with Gasteiger partial charge in [-0.25, -0.2) is 0 Å². The molecule has 1 fully saturated rings. The number of hydrogen-bond donors (Lipinski definition) is 0. The third kappa shape index (κ3) is 3.71. The van der Waals surface area contributed by atoms with Crippen molar-refractivity contribution in [3.8, 4) is 0 Å². The van der Waals surface area contributed by atoms with Crippen LogP contribution in [0.5, 0.6) is 0 Å². The highest BCUT2D eigenvalue weighted by molar-refractivity contribution is 6.33. The van der Waals surface area contributed by atoms with E-state index in [1.165, 1.54) is 18.2 Å². The number of hydrogen-bond acceptors (Lipinski definition) is 4. The third-order valence-electron chi connectivity index (χ3n) is 3.43. The SMILES string of the molecule is CCC[C@@H]1CN(C(=O)c2ccc([N+](=O)[O-])c(Cl)c2)CCO1. The number of benzene rings is 1. The van der Waals surface area contributed by atoms with E-state index in [-0.39, 0.29) is 22.7 Å². The Morgan fingerprint density at radius 1 is 1.57 bits per heavy atom. The molecule has 0 aromatic heterocycles. The first-order chi connectivity index (χ1) is 10.0. The first-order valence-electron chi connectivity index (χ1n) is 6.87. The zero-order valence-electron chi connectivity index (χ0n) is 11.8. The summed E-state index contributed by atoms with van der Waals surface area (Å²) in [5.74, 6) is -0.170. The summed E-state index contributed by atoms with van der Waals surface area (Å²) in [7, 11) is 0. The van der Waals surface area contributed by atoms with Crippen molar-refractivity contribution >= 4 is 23.2 Å². The molecule has 2 rings (SSSR count). The van der Waals surface area contributed by atoms with Crippen molar-refractivity contribution in [3.05, 3.63) is 38.9 Å². The van der Waals surface area contributed by atoms with E-state index in [1.54, 1.807) is 4.90 Å². The molecule has 7 heteroatoms. The Bertz CT molecular complexity index is 548. The quantitative estimate of drug-likeness (QED) is 0.633. The van der Waals surface area contributed by atoms with Crippen LogP contribution in [0.2, 0.25) is 5.02 Å². The molecule has 1 heterocycles. The predicted molar refractivity (Wildman–Crippen MR) is 78.7 cm³/mol. The van der Waals surface area contributed by atoms with E-state index < -0.39 is 4.92 Å². The van der Waals surface area contributed by atoms with Gasteiger partial charge in [0.1, 0.15) is 5.02 Å². The van der Waals surface area contributed by atoms with Crippen LogP contribution in [0.4, 0.5) is 5.69 Å². The minimum absolute atomic E-state index is 0.0239. The van der Waals surface area contributed by atoms with E-state index in [9.17, 15) is 14.9 Å². The van der Waals surface area contributed by atoms with Gasteiger partial charge in [-0.05, 0) is 18.6 Å². The molecule has 114 valence electrons. The third-order valence-corrected chi connectivity index (χ3v) is 3.73. The number of ether oxygens (including phenoxy) is 1. The first-order valence-corrected chi connectivity index (χ1v) is 7.25. The van der Waals surface area contributed by atoms with Gasteiger partial charge in [0, 0.05) is 24.7 Å². The zero-order valence-corrected chi connectivity index (χ0v) is 12.5. The Balaban J connectivity index is 2.12. The lowest BCUT2D eigenvalue weighted by molar-refractivity contribution is -0.384. The van der Waals surface area contributed by atoms with Crippen LogP contribution >= 0.6 is 11.6 Å². The molecule has 0 aliphatic carbocycles. The van der Waals surface area contributed by atoms with Crippen LogP contribution in [0, 0.1) is 10.1 Å².